The number of rotatable bonds is 6. The Hall–Kier alpha value is -1.95. The number of halogens is 1. The van der Waals surface area contributed by atoms with Gasteiger partial charge in [-0.25, -0.2) is 4.39 Å². The Balaban J connectivity index is 2.01. The largest absolute Gasteiger partial charge is 0.349 e. The Morgan fingerprint density at radius 2 is 1.81 bits per heavy atom. The van der Waals surface area contributed by atoms with Gasteiger partial charge < -0.3 is 9.80 Å². The van der Waals surface area contributed by atoms with Crippen LogP contribution >= 0.6 is 0 Å². The van der Waals surface area contributed by atoms with E-state index >= 15 is 0 Å². The van der Waals surface area contributed by atoms with Crippen LogP contribution in [0.25, 0.3) is 0 Å². The van der Waals surface area contributed by atoms with Gasteiger partial charge in [-0.3, -0.25) is 14.5 Å². The number of carbonyl (C=O) groups is 2. The normalized spacial score (nSPS) is 18.4. The molecule has 0 aromatic heterocycles. The van der Waals surface area contributed by atoms with Crippen molar-refractivity contribution in [1.29, 1.82) is 0 Å². The summed E-state index contributed by atoms with van der Waals surface area (Å²) in [5, 5.41) is 0. The van der Waals surface area contributed by atoms with Crippen LogP contribution in [0.3, 0.4) is 0 Å². The first-order chi connectivity index (χ1) is 12.8. The minimum atomic E-state index is -0.223. The van der Waals surface area contributed by atoms with E-state index in [1.165, 1.54) is 17.0 Å². The topological polar surface area (TPSA) is 43.9 Å². The molecule has 2 amide bonds. The van der Waals surface area contributed by atoms with Gasteiger partial charge in [-0.2, -0.15) is 0 Å². The average Bonchev–Trinajstić information content (AvgIpc) is 2.84. The number of hydrogen-bond acceptors (Lipinski definition) is 3. The number of benzene rings is 1. The van der Waals surface area contributed by atoms with Crippen LogP contribution in [0, 0.1) is 11.7 Å². The maximum Gasteiger partial charge on any atom is 0.223 e. The summed E-state index contributed by atoms with van der Waals surface area (Å²) in [6.07, 6.45) is 1.42. The average molecular weight is 378 g/mol. The van der Waals surface area contributed by atoms with Crippen molar-refractivity contribution in [2.75, 3.05) is 33.7 Å². The molecule has 1 fully saturated rings. The van der Waals surface area contributed by atoms with Crippen molar-refractivity contribution in [2.45, 2.75) is 45.7 Å². The van der Waals surface area contributed by atoms with E-state index < -0.39 is 0 Å². The van der Waals surface area contributed by atoms with E-state index in [1.54, 1.807) is 14.1 Å². The molecule has 1 aromatic carbocycles. The van der Waals surface area contributed by atoms with Crippen LogP contribution in [0.15, 0.2) is 24.3 Å². The fraction of sp³-hybridized carbons (Fsp3) is 0.619. The van der Waals surface area contributed by atoms with Crippen LogP contribution in [-0.2, 0) is 16.1 Å². The summed E-state index contributed by atoms with van der Waals surface area (Å²) in [6, 6.07) is 6.89. The molecule has 6 heteroatoms. The summed E-state index contributed by atoms with van der Waals surface area (Å²) < 4.78 is 13.2. The van der Waals surface area contributed by atoms with Gasteiger partial charge >= 0.3 is 0 Å². The number of nitrogens with zero attached hydrogens (tertiary/aromatic N) is 3. The highest BCUT2D eigenvalue weighted by Crippen LogP contribution is 2.21. The molecule has 1 heterocycles. The van der Waals surface area contributed by atoms with Gasteiger partial charge in [0.15, 0.2) is 0 Å². The van der Waals surface area contributed by atoms with Crippen molar-refractivity contribution in [3.05, 3.63) is 35.6 Å². The third kappa shape index (κ3) is 6.31. The Kier molecular flexibility index (Phi) is 7.78. The molecule has 1 saturated heterocycles. The van der Waals surface area contributed by atoms with E-state index in [9.17, 15) is 14.0 Å². The third-order valence-corrected chi connectivity index (χ3v) is 5.22. The monoisotopic (exact) mass is 377 g/mol. The van der Waals surface area contributed by atoms with E-state index in [0.717, 1.165) is 31.6 Å². The summed E-state index contributed by atoms with van der Waals surface area (Å²) in [7, 11) is 3.42. The first kappa shape index (κ1) is 21.4. The maximum absolute atomic E-state index is 13.2. The lowest BCUT2D eigenvalue weighted by atomic mass is 10.0. The van der Waals surface area contributed by atoms with Gasteiger partial charge in [0.2, 0.25) is 11.8 Å². The molecular weight excluding hydrogens is 345 g/mol. The van der Waals surface area contributed by atoms with E-state index in [-0.39, 0.29) is 36.5 Å². The second-order valence-electron chi connectivity index (χ2n) is 7.89. The zero-order valence-electron chi connectivity index (χ0n) is 16.9. The first-order valence-corrected chi connectivity index (χ1v) is 9.74. The second-order valence-corrected chi connectivity index (χ2v) is 7.89. The predicted octanol–water partition coefficient (Wildman–Crippen LogP) is 2.75. The third-order valence-electron chi connectivity index (χ3n) is 5.22. The molecule has 1 atom stereocenters. The molecule has 27 heavy (non-hydrogen) atoms. The molecule has 1 aliphatic heterocycles. The zero-order valence-corrected chi connectivity index (χ0v) is 16.9. The fourth-order valence-electron chi connectivity index (χ4n) is 3.54. The molecule has 1 aliphatic rings. The van der Waals surface area contributed by atoms with Gasteiger partial charge in [-0.15, -0.1) is 0 Å². The second kappa shape index (κ2) is 9.83. The Morgan fingerprint density at radius 3 is 2.41 bits per heavy atom. The van der Waals surface area contributed by atoms with E-state index in [0.29, 0.717) is 12.5 Å². The van der Waals surface area contributed by atoms with Crippen LogP contribution in [0.4, 0.5) is 4.39 Å². The smallest absolute Gasteiger partial charge is 0.223 e. The highest BCUT2D eigenvalue weighted by atomic mass is 19.1. The van der Waals surface area contributed by atoms with Gasteiger partial charge in [0.1, 0.15) is 5.82 Å². The van der Waals surface area contributed by atoms with Crippen molar-refractivity contribution in [1.82, 2.24) is 14.7 Å². The molecule has 2 rings (SSSR count). The Bertz CT molecular complexity index is 631. The summed E-state index contributed by atoms with van der Waals surface area (Å²) in [5.74, 6) is 0.206. The molecule has 0 N–H and O–H groups in total. The molecule has 1 aromatic rings. The molecule has 0 bridgehead atoms. The van der Waals surface area contributed by atoms with Crippen LogP contribution in [-0.4, -0.2) is 66.3 Å². The predicted molar refractivity (Wildman–Crippen MR) is 105 cm³/mol. The van der Waals surface area contributed by atoms with Crippen LogP contribution in [0.5, 0.6) is 0 Å². The number of hydrogen-bond donors (Lipinski definition) is 0. The van der Waals surface area contributed by atoms with Crippen molar-refractivity contribution in [3.8, 4) is 0 Å². The van der Waals surface area contributed by atoms with Crippen LogP contribution < -0.4 is 0 Å². The molecular formula is C21H32FN3O2. The number of amides is 2. The van der Waals surface area contributed by atoms with Gasteiger partial charge in [-0.05, 0) is 30.0 Å². The summed E-state index contributed by atoms with van der Waals surface area (Å²) in [4.78, 5) is 30.3. The zero-order chi connectivity index (χ0) is 20.0. The SMILES string of the molecule is CC(C)[C@@H]1CN(C(=O)CCC(=O)N(C)C)CCCN1Cc1ccc(F)cc1. The lowest BCUT2D eigenvalue weighted by Gasteiger charge is -2.34. The summed E-state index contributed by atoms with van der Waals surface area (Å²) in [6.45, 7) is 7.40. The number of carbonyl (C=O) groups excluding carboxylic acids is 2. The van der Waals surface area contributed by atoms with Crippen molar-refractivity contribution in [2.24, 2.45) is 5.92 Å². The lowest BCUT2D eigenvalue weighted by Crippen LogP contribution is -2.45. The molecule has 0 saturated carbocycles. The Morgan fingerprint density at radius 1 is 1.15 bits per heavy atom. The highest BCUT2D eigenvalue weighted by Gasteiger charge is 2.29. The van der Waals surface area contributed by atoms with Crippen molar-refractivity contribution in [3.63, 3.8) is 0 Å². The lowest BCUT2D eigenvalue weighted by molar-refractivity contribution is -0.136. The highest BCUT2D eigenvalue weighted by molar-refractivity contribution is 5.83. The minimum Gasteiger partial charge on any atom is -0.349 e. The molecule has 0 radical (unpaired) electrons. The van der Waals surface area contributed by atoms with Crippen LogP contribution in [0.1, 0.15) is 38.7 Å². The van der Waals surface area contributed by atoms with Crippen LogP contribution in [0.2, 0.25) is 0 Å². The van der Waals surface area contributed by atoms with E-state index in [1.807, 2.05) is 17.0 Å². The molecule has 150 valence electrons. The molecule has 0 spiro atoms. The van der Waals surface area contributed by atoms with Gasteiger partial charge in [0.05, 0.1) is 0 Å². The van der Waals surface area contributed by atoms with Crippen molar-refractivity contribution >= 4 is 11.8 Å². The van der Waals surface area contributed by atoms with Gasteiger partial charge in [0.25, 0.3) is 0 Å². The van der Waals surface area contributed by atoms with Gasteiger partial charge in [0, 0.05) is 59.2 Å². The quantitative estimate of drug-likeness (QED) is 0.766. The maximum atomic E-state index is 13.2. The summed E-state index contributed by atoms with van der Waals surface area (Å²) in [5.41, 5.74) is 1.08. The van der Waals surface area contributed by atoms with E-state index in [4.69, 9.17) is 0 Å². The molecule has 0 aliphatic carbocycles. The van der Waals surface area contributed by atoms with Gasteiger partial charge in [-0.1, -0.05) is 26.0 Å². The molecule has 5 nitrogen and oxygen atoms in total. The minimum absolute atomic E-state index is 0.0171. The standard InChI is InChI=1S/C21H32FN3O2/c1-16(2)19-15-25(21(27)11-10-20(26)23(3)4)13-5-12-24(19)14-17-6-8-18(22)9-7-17/h6-9,16,19H,5,10-15H2,1-4H3/t19-/m0/s1. The van der Waals surface area contributed by atoms with Crippen molar-refractivity contribution < 1.29 is 14.0 Å². The Labute approximate surface area is 162 Å². The molecule has 0 unspecified atom stereocenters. The van der Waals surface area contributed by atoms with E-state index in [2.05, 4.69) is 18.7 Å². The first-order valence-electron chi connectivity index (χ1n) is 9.74. The fourth-order valence-corrected chi connectivity index (χ4v) is 3.54. The summed E-state index contributed by atoms with van der Waals surface area (Å²) >= 11 is 0.